The second-order valence-corrected chi connectivity index (χ2v) is 7.66. The molecule has 1 aromatic heterocycles. The van der Waals surface area contributed by atoms with Crippen LogP contribution in [0.5, 0.6) is 0 Å². The van der Waals surface area contributed by atoms with Crippen molar-refractivity contribution in [3.8, 4) is 0 Å². The summed E-state index contributed by atoms with van der Waals surface area (Å²) >= 11 is 0. The smallest absolute Gasteiger partial charge is 0.252 e. The molecule has 3 aromatic rings. The van der Waals surface area contributed by atoms with E-state index in [1.165, 1.54) is 0 Å². The molecule has 0 aliphatic rings. The van der Waals surface area contributed by atoms with Gasteiger partial charge in [0, 0.05) is 17.1 Å². The zero-order valence-corrected chi connectivity index (χ0v) is 17.2. The maximum Gasteiger partial charge on any atom is 0.252 e. The number of nitrogens with one attached hydrogen (secondary N) is 1. The highest BCUT2D eigenvalue weighted by Crippen LogP contribution is 2.27. The SMILES string of the molecule is CCC(C(=O)Nc1ccccc1C(C)C)n1c(=O)cc(C)c2cccc(C)c21. The minimum Gasteiger partial charge on any atom is -0.324 e. The van der Waals surface area contributed by atoms with Crippen LogP contribution >= 0.6 is 0 Å². The molecule has 0 aliphatic carbocycles. The summed E-state index contributed by atoms with van der Waals surface area (Å²) in [5, 5.41) is 4.08. The first-order valence-electron chi connectivity index (χ1n) is 9.86. The van der Waals surface area contributed by atoms with E-state index in [2.05, 4.69) is 19.2 Å². The Morgan fingerprint density at radius 1 is 1.04 bits per heavy atom. The van der Waals surface area contributed by atoms with Crippen LogP contribution in [0.25, 0.3) is 10.9 Å². The summed E-state index contributed by atoms with van der Waals surface area (Å²) in [6, 6.07) is 14.9. The van der Waals surface area contributed by atoms with Gasteiger partial charge in [-0.15, -0.1) is 0 Å². The van der Waals surface area contributed by atoms with Gasteiger partial charge >= 0.3 is 0 Å². The number of fused-ring (bicyclic) bond motifs is 1. The Kier molecular flexibility index (Phi) is 5.68. The van der Waals surface area contributed by atoms with Crippen molar-refractivity contribution in [1.29, 1.82) is 0 Å². The van der Waals surface area contributed by atoms with E-state index in [0.717, 1.165) is 33.3 Å². The van der Waals surface area contributed by atoms with Crippen molar-refractivity contribution in [2.75, 3.05) is 5.32 Å². The number of carbonyl (C=O) groups is 1. The molecule has 4 heteroatoms. The summed E-state index contributed by atoms with van der Waals surface area (Å²) in [5.74, 6) is 0.132. The van der Waals surface area contributed by atoms with Gasteiger partial charge in [-0.25, -0.2) is 0 Å². The van der Waals surface area contributed by atoms with Gasteiger partial charge in [-0.3, -0.25) is 14.2 Å². The van der Waals surface area contributed by atoms with E-state index in [0.29, 0.717) is 12.3 Å². The third-order valence-electron chi connectivity index (χ3n) is 5.32. The van der Waals surface area contributed by atoms with Gasteiger partial charge in [0.2, 0.25) is 5.91 Å². The molecular formula is C24H28N2O2. The summed E-state index contributed by atoms with van der Waals surface area (Å²) < 4.78 is 1.66. The van der Waals surface area contributed by atoms with E-state index in [4.69, 9.17) is 0 Å². The number of aromatic nitrogens is 1. The summed E-state index contributed by atoms with van der Waals surface area (Å²) in [6.07, 6.45) is 0.530. The van der Waals surface area contributed by atoms with Crippen LogP contribution < -0.4 is 10.9 Å². The first kappa shape index (κ1) is 19.9. The maximum absolute atomic E-state index is 13.2. The van der Waals surface area contributed by atoms with E-state index >= 15 is 0 Å². The molecule has 1 atom stereocenters. The molecule has 1 amide bonds. The molecule has 28 heavy (non-hydrogen) atoms. The Morgan fingerprint density at radius 2 is 1.75 bits per heavy atom. The van der Waals surface area contributed by atoms with Gasteiger partial charge in [0.05, 0.1) is 5.52 Å². The van der Waals surface area contributed by atoms with Crippen molar-refractivity contribution < 1.29 is 4.79 Å². The van der Waals surface area contributed by atoms with Crippen LogP contribution in [0, 0.1) is 13.8 Å². The molecule has 0 saturated carbocycles. The van der Waals surface area contributed by atoms with Gasteiger partial charge in [-0.05, 0) is 48.9 Å². The van der Waals surface area contributed by atoms with Crippen molar-refractivity contribution in [2.45, 2.75) is 53.0 Å². The quantitative estimate of drug-likeness (QED) is 0.654. The van der Waals surface area contributed by atoms with Gasteiger partial charge in [0.25, 0.3) is 5.56 Å². The van der Waals surface area contributed by atoms with Crippen molar-refractivity contribution >= 4 is 22.5 Å². The monoisotopic (exact) mass is 376 g/mol. The van der Waals surface area contributed by atoms with Crippen molar-refractivity contribution in [2.24, 2.45) is 0 Å². The predicted molar refractivity (Wildman–Crippen MR) is 116 cm³/mol. The Bertz CT molecular complexity index is 1080. The number of aryl methyl sites for hydroxylation is 2. The Hall–Kier alpha value is -2.88. The standard InChI is InChI=1S/C24H28N2O2/c1-6-21(24(28)25-20-13-8-7-11-18(20)15(2)3)26-22(27)14-17(5)19-12-9-10-16(4)23(19)26/h7-15,21H,6H2,1-5H3,(H,25,28). The minimum atomic E-state index is -0.572. The molecule has 0 bridgehead atoms. The molecule has 4 nitrogen and oxygen atoms in total. The molecule has 1 N–H and O–H groups in total. The number of amides is 1. The number of nitrogens with zero attached hydrogens (tertiary/aromatic N) is 1. The third kappa shape index (κ3) is 3.59. The largest absolute Gasteiger partial charge is 0.324 e. The lowest BCUT2D eigenvalue weighted by Crippen LogP contribution is -2.33. The average Bonchev–Trinajstić information content (AvgIpc) is 2.65. The lowest BCUT2D eigenvalue weighted by molar-refractivity contribution is -0.119. The lowest BCUT2D eigenvalue weighted by Gasteiger charge is -2.23. The van der Waals surface area contributed by atoms with Crippen LogP contribution in [0.4, 0.5) is 5.69 Å². The van der Waals surface area contributed by atoms with Gasteiger partial charge in [-0.1, -0.05) is 57.2 Å². The van der Waals surface area contributed by atoms with E-state index in [-0.39, 0.29) is 11.5 Å². The van der Waals surface area contributed by atoms with Crippen LogP contribution in [-0.2, 0) is 4.79 Å². The number of benzene rings is 2. The van der Waals surface area contributed by atoms with Gasteiger partial charge in [-0.2, -0.15) is 0 Å². The summed E-state index contributed by atoms with van der Waals surface area (Å²) in [5.41, 5.74) is 4.52. The molecule has 3 rings (SSSR count). The first-order chi connectivity index (χ1) is 13.3. The van der Waals surface area contributed by atoms with Crippen LogP contribution in [0.2, 0.25) is 0 Å². The lowest BCUT2D eigenvalue weighted by atomic mass is 10.0. The van der Waals surface area contributed by atoms with Gasteiger partial charge in [0.1, 0.15) is 6.04 Å². The van der Waals surface area contributed by atoms with Crippen LogP contribution in [-0.4, -0.2) is 10.5 Å². The average molecular weight is 377 g/mol. The second-order valence-electron chi connectivity index (χ2n) is 7.66. The Balaban J connectivity index is 2.10. The van der Waals surface area contributed by atoms with E-state index in [9.17, 15) is 9.59 Å². The van der Waals surface area contributed by atoms with Crippen LogP contribution in [0.1, 0.15) is 55.8 Å². The minimum absolute atomic E-state index is 0.140. The fraction of sp³-hybridized carbons (Fsp3) is 0.333. The molecule has 2 aromatic carbocycles. The topological polar surface area (TPSA) is 51.1 Å². The fourth-order valence-corrected chi connectivity index (χ4v) is 3.86. The second kappa shape index (κ2) is 8.01. The molecule has 0 radical (unpaired) electrons. The fourth-order valence-electron chi connectivity index (χ4n) is 3.86. The van der Waals surface area contributed by atoms with Crippen LogP contribution in [0.3, 0.4) is 0 Å². The third-order valence-corrected chi connectivity index (χ3v) is 5.32. The molecule has 0 aliphatic heterocycles. The molecule has 0 saturated heterocycles. The molecule has 0 spiro atoms. The Labute approximate surface area is 166 Å². The summed E-state index contributed by atoms with van der Waals surface area (Å²) in [6.45, 7) is 10.1. The zero-order valence-electron chi connectivity index (χ0n) is 17.2. The molecule has 1 heterocycles. The number of hydrogen-bond donors (Lipinski definition) is 1. The zero-order chi connectivity index (χ0) is 20.4. The summed E-state index contributed by atoms with van der Waals surface area (Å²) in [4.78, 5) is 26.2. The molecule has 146 valence electrons. The number of anilines is 1. The molecule has 1 unspecified atom stereocenters. The number of pyridine rings is 1. The predicted octanol–water partition coefficient (Wildman–Crippen LogP) is 5.33. The maximum atomic E-state index is 13.2. The number of carbonyl (C=O) groups excluding carboxylic acids is 1. The highest BCUT2D eigenvalue weighted by Gasteiger charge is 2.23. The van der Waals surface area contributed by atoms with Gasteiger partial charge in [0.15, 0.2) is 0 Å². The number of para-hydroxylation sites is 2. The normalized spacial score (nSPS) is 12.4. The van der Waals surface area contributed by atoms with E-state index in [1.807, 2.05) is 63.2 Å². The molecule has 0 fully saturated rings. The van der Waals surface area contributed by atoms with Crippen LogP contribution in [0.15, 0.2) is 53.3 Å². The van der Waals surface area contributed by atoms with Crippen molar-refractivity contribution in [3.05, 3.63) is 75.6 Å². The highest BCUT2D eigenvalue weighted by atomic mass is 16.2. The first-order valence-corrected chi connectivity index (χ1v) is 9.86. The van der Waals surface area contributed by atoms with E-state index < -0.39 is 6.04 Å². The number of rotatable bonds is 5. The number of hydrogen-bond acceptors (Lipinski definition) is 2. The highest BCUT2D eigenvalue weighted by molar-refractivity contribution is 5.96. The van der Waals surface area contributed by atoms with Crippen molar-refractivity contribution in [1.82, 2.24) is 4.57 Å². The Morgan fingerprint density at radius 3 is 2.43 bits per heavy atom. The summed E-state index contributed by atoms with van der Waals surface area (Å²) in [7, 11) is 0. The van der Waals surface area contributed by atoms with Crippen molar-refractivity contribution in [3.63, 3.8) is 0 Å². The van der Waals surface area contributed by atoms with E-state index in [1.54, 1.807) is 10.6 Å². The van der Waals surface area contributed by atoms with Gasteiger partial charge < -0.3 is 5.32 Å². The molecular weight excluding hydrogens is 348 g/mol.